The molecule has 0 aliphatic carbocycles. The topological polar surface area (TPSA) is 41.1 Å². The molecular formula is C13H27ClN2O. The van der Waals surface area contributed by atoms with Crippen LogP contribution in [0.2, 0.25) is 0 Å². The summed E-state index contributed by atoms with van der Waals surface area (Å²) in [7, 11) is 0. The molecule has 4 heteroatoms. The maximum absolute atomic E-state index is 11.7. The second-order valence-electron chi connectivity index (χ2n) is 5.22. The SMILES string of the molecule is CCC(C)CC(C)NC(=O)CC1CCCN1.Cl. The lowest BCUT2D eigenvalue weighted by Crippen LogP contribution is -2.37. The lowest BCUT2D eigenvalue weighted by Gasteiger charge is -2.18. The van der Waals surface area contributed by atoms with Crippen LogP contribution in [-0.2, 0) is 4.79 Å². The zero-order valence-corrected chi connectivity index (χ0v) is 12.1. The quantitative estimate of drug-likeness (QED) is 0.772. The van der Waals surface area contributed by atoms with Crippen LogP contribution in [0.5, 0.6) is 0 Å². The van der Waals surface area contributed by atoms with Crippen molar-refractivity contribution in [3.63, 3.8) is 0 Å². The zero-order chi connectivity index (χ0) is 12.0. The van der Waals surface area contributed by atoms with E-state index in [0.29, 0.717) is 24.4 Å². The number of nitrogens with one attached hydrogen (secondary N) is 2. The Morgan fingerprint density at radius 2 is 2.18 bits per heavy atom. The summed E-state index contributed by atoms with van der Waals surface area (Å²) in [4.78, 5) is 11.7. The van der Waals surface area contributed by atoms with Gasteiger partial charge in [-0.1, -0.05) is 20.3 Å². The zero-order valence-electron chi connectivity index (χ0n) is 11.3. The maximum atomic E-state index is 11.7. The third-order valence-corrected chi connectivity index (χ3v) is 3.45. The van der Waals surface area contributed by atoms with E-state index in [1.54, 1.807) is 0 Å². The molecule has 102 valence electrons. The second-order valence-corrected chi connectivity index (χ2v) is 5.22. The van der Waals surface area contributed by atoms with E-state index in [0.717, 1.165) is 19.4 Å². The third-order valence-electron chi connectivity index (χ3n) is 3.45. The van der Waals surface area contributed by atoms with E-state index in [-0.39, 0.29) is 18.3 Å². The average molecular weight is 263 g/mol. The first-order valence-corrected chi connectivity index (χ1v) is 6.64. The smallest absolute Gasteiger partial charge is 0.221 e. The van der Waals surface area contributed by atoms with Crippen LogP contribution in [0.3, 0.4) is 0 Å². The summed E-state index contributed by atoms with van der Waals surface area (Å²) in [6.07, 6.45) is 5.27. The van der Waals surface area contributed by atoms with Crippen LogP contribution < -0.4 is 10.6 Å². The molecule has 0 bridgehead atoms. The Morgan fingerprint density at radius 1 is 1.47 bits per heavy atom. The molecule has 0 aromatic carbocycles. The van der Waals surface area contributed by atoms with E-state index in [1.807, 2.05) is 0 Å². The van der Waals surface area contributed by atoms with Gasteiger partial charge >= 0.3 is 0 Å². The van der Waals surface area contributed by atoms with Gasteiger partial charge in [0.1, 0.15) is 0 Å². The van der Waals surface area contributed by atoms with Gasteiger partial charge in [0.15, 0.2) is 0 Å². The number of hydrogen-bond acceptors (Lipinski definition) is 2. The van der Waals surface area contributed by atoms with Gasteiger partial charge in [-0.05, 0) is 38.6 Å². The summed E-state index contributed by atoms with van der Waals surface area (Å²) in [5.41, 5.74) is 0. The number of halogens is 1. The molecule has 0 radical (unpaired) electrons. The number of carbonyl (C=O) groups excluding carboxylic acids is 1. The highest BCUT2D eigenvalue weighted by Crippen LogP contribution is 2.11. The standard InChI is InChI=1S/C13H26N2O.ClH/c1-4-10(2)8-11(3)15-13(16)9-12-6-5-7-14-12;/h10-12,14H,4-9H2,1-3H3,(H,15,16);1H. The predicted molar refractivity (Wildman–Crippen MR) is 74.6 cm³/mol. The molecule has 1 fully saturated rings. The summed E-state index contributed by atoms with van der Waals surface area (Å²) in [6.45, 7) is 7.61. The molecule has 17 heavy (non-hydrogen) atoms. The first-order valence-electron chi connectivity index (χ1n) is 6.64. The molecule has 1 saturated heterocycles. The highest BCUT2D eigenvalue weighted by atomic mass is 35.5. The normalized spacial score (nSPS) is 22.6. The van der Waals surface area contributed by atoms with Crippen LogP contribution in [0.15, 0.2) is 0 Å². The summed E-state index contributed by atoms with van der Waals surface area (Å²) >= 11 is 0. The Hall–Kier alpha value is -0.280. The van der Waals surface area contributed by atoms with Crippen molar-refractivity contribution < 1.29 is 4.79 Å². The monoisotopic (exact) mass is 262 g/mol. The van der Waals surface area contributed by atoms with Gasteiger partial charge in [0, 0.05) is 18.5 Å². The van der Waals surface area contributed by atoms with Gasteiger partial charge in [0.25, 0.3) is 0 Å². The van der Waals surface area contributed by atoms with Gasteiger partial charge in [0.05, 0.1) is 0 Å². The Labute approximate surface area is 112 Å². The highest BCUT2D eigenvalue weighted by molar-refractivity contribution is 5.85. The Kier molecular flexibility index (Phi) is 8.61. The van der Waals surface area contributed by atoms with Gasteiger partial charge in [-0.3, -0.25) is 4.79 Å². The van der Waals surface area contributed by atoms with Gasteiger partial charge < -0.3 is 10.6 Å². The number of carbonyl (C=O) groups is 1. The van der Waals surface area contributed by atoms with Crippen LogP contribution in [0.25, 0.3) is 0 Å². The largest absolute Gasteiger partial charge is 0.354 e. The molecule has 1 aliphatic heterocycles. The molecule has 0 spiro atoms. The van der Waals surface area contributed by atoms with Crippen LogP contribution in [-0.4, -0.2) is 24.5 Å². The Bertz CT molecular complexity index is 217. The van der Waals surface area contributed by atoms with Gasteiger partial charge in [-0.2, -0.15) is 0 Å². The lowest BCUT2D eigenvalue weighted by atomic mass is 10.00. The van der Waals surface area contributed by atoms with Crippen molar-refractivity contribution in [1.82, 2.24) is 10.6 Å². The summed E-state index contributed by atoms with van der Waals surface area (Å²) in [5.74, 6) is 0.898. The molecule has 2 N–H and O–H groups in total. The molecule has 3 atom stereocenters. The predicted octanol–water partition coefficient (Wildman–Crippen LogP) is 2.49. The minimum Gasteiger partial charge on any atom is -0.354 e. The molecule has 0 aromatic heterocycles. The van der Waals surface area contributed by atoms with E-state index < -0.39 is 0 Å². The second kappa shape index (κ2) is 8.76. The van der Waals surface area contributed by atoms with E-state index >= 15 is 0 Å². The van der Waals surface area contributed by atoms with E-state index in [9.17, 15) is 4.79 Å². The molecule has 3 nitrogen and oxygen atoms in total. The van der Waals surface area contributed by atoms with Crippen LogP contribution in [0, 0.1) is 5.92 Å². The highest BCUT2D eigenvalue weighted by Gasteiger charge is 2.18. The number of rotatable bonds is 6. The minimum atomic E-state index is 0. The Balaban J connectivity index is 0.00000256. The number of hydrogen-bond donors (Lipinski definition) is 2. The maximum Gasteiger partial charge on any atom is 0.221 e. The van der Waals surface area contributed by atoms with Gasteiger partial charge in [0.2, 0.25) is 5.91 Å². The number of amides is 1. The third kappa shape index (κ3) is 6.89. The van der Waals surface area contributed by atoms with E-state index in [1.165, 1.54) is 12.8 Å². The van der Waals surface area contributed by atoms with Crippen molar-refractivity contribution in [3.05, 3.63) is 0 Å². The fraction of sp³-hybridized carbons (Fsp3) is 0.923. The molecule has 1 amide bonds. The summed E-state index contributed by atoms with van der Waals surface area (Å²) < 4.78 is 0. The van der Waals surface area contributed by atoms with Crippen molar-refractivity contribution in [2.75, 3.05) is 6.54 Å². The molecule has 1 aliphatic rings. The first kappa shape index (κ1) is 16.7. The fourth-order valence-electron chi connectivity index (χ4n) is 2.32. The van der Waals surface area contributed by atoms with Crippen molar-refractivity contribution in [2.45, 2.75) is 65.0 Å². The molecule has 0 saturated carbocycles. The van der Waals surface area contributed by atoms with Crippen molar-refractivity contribution in [1.29, 1.82) is 0 Å². The van der Waals surface area contributed by atoms with E-state index in [4.69, 9.17) is 0 Å². The van der Waals surface area contributed by atoms with Crippen LogP contribution in [0.4, 0.5) is 0 Å². The van der Waals surface area contributed by atoms with Crippen LogP contribution in [0.1, 0.15) is 52.9 Å². The van der Waals surface area contributed by atoms with Crippen molar-refractivity contribution in [3.8, 4) is 0 Å². The summed E-state index contributed by atoms with van der Waals surface area (Å²) in [6, 6.07) is 0.722. The van der Waals surface area contributed by atoms with Crippen molar-refractivity contribution >= 4 is 18.3 Å². The van der Waals surface area contributed by atoms with E-state index in [2.05, 4.69) is 31.4 Å². The van der Waals surface area contributed by atoms with Gasteiger partial charge in [-0.15, -0.1) is 12.4 Å². The molecule has 1 heterocycles. The first-order chi connectivity index (χ1) is 7.61. The molecular weight excluding hydrogens is 236 g/mol. The average Bonchev–Trinajstić information content (AvgIpc) is 2.69. The fourth-order valence-corrected chi connectivity index (χ4v) is 2.32. The molecule has 3 unspecified atom stereocenters. The minimum absolute atomic E-state index is 0. The summed E-state index contributed by atoms with van der Waals surface area (Å²) in [5, 5.41) is 6.44. The van der Waals surface area contributed by atoms with Crippen molar-refractivity contribution in [2.24, 2.45) is 5.92 Å². The molecule has 0 aromatic rings. The van der Waals surface area contributed by atoms with Crippen LogP contribution >= 0.6 is 12.4 Å². The Morgan fingerprint density at radius 3 is 2.71 bits per heavy atom. The van der Waals surface area contributed by atoms with Gasteiger partial charge in [-0.25, -0.2) is 0 Å². The molecule has 1 rings (SSSR count). The lowest BCUT2D eigenvalue weighted by molar-refractivity contribution is -0.122.